The molecule has 0 aliphatic carbocycles. The Hall–Kier alpha value is -1.68. The van der Waals surface area contributed by atoms with E-state index in [1.807, 2.05) is 31.4 Å². The highest BCUT2D eigenvalue weighted by Crippen LogP contribution is 2.21. The van der Waals surface area contributed by atoms with E-state index < -0.39 is 0 Å². The number of nitrogens with zero attached hydrogens (tertiary/aromatic N) is 3. The van der Waals surface area contributed by atoms with E-state index in [0.29, 0.717) is 0 Å². The van der Waals surface area contributed by atoms with Crippen molar-refractivity contribution in [1.29, 1.82) is 0 Å². The molecule has 3 aromatic rings. The summed E-state index contributed by atoms with van der Waals surface area (Å²) < 4.78 is 3.21. The van der Waals surface area contributed by atoms with E-state index in [9.17, 15) is 0 Å². The second-order valence-corrected chi connectivity index (χ2v) is 5.17. The monoisotopic (exact) mass is 301 g/mol. The van der Waals surface area contributed by atoms with Gasteiger partial charge in [-0.15, -0.1) is 0 Å². The van der Waals surface area contributed by atoms with Gasteiger partial charge in [0.15, 0.2) is 0 Å². The average Bonchev–Trinajstić information content (AvgIpc) is 2.68. The van der Waals surface area contributed by atoms with Crippen LogP contribution in [0, 0.1) is 0 Å². The standard InChI is InChI=1S/C14H12BrN3/c1-18-13-8-11(15)4-5-12(13)17-14(18)7-10-3-2-6-16-9-10/h2-6,8-9H,7H2,1H3. The Morgan fingerprint density at radius 3 is 2.94 bits per heavy atom. The molecule has 0 aliphatic rings. The molecule has 0 spiro atoms. The molecule has 0 radical (unpaired) electrons. The molecule has 0 fully saturated rings. The molecule has 0 aliphatic heterocycles. The number of halogens is 1. The van der Waals surface area contributed by atoms with Crippen molar-refractivity contribution in [3.63, 3.8) is 0 Å². The van der Waals surface area contributed by atoms with Gasteiger partial charge in [-0.25, -0.2) is 4.98 Å². The molecule has 0 unspecified atom stereocenters. The summed E-state index contributed by atoms with van der Waals surface area (Å²) in [6, 6.07) is 10.2. The van der Waals surface area contributed by atoms with Crippen molar-refractivity contribution in [2.75, 3.05) is 0 Å². The van der Waals surface area contributed by atoms with Crippen LogP contribution in [0.4, 0.5) is 0 Å². The summed E-state index contributed by atoms with van der Waals surface area (Å²) in [5.41, 5.74) is 3.35. The molecule has 2 aromatic heterocycles. The largest absolute Gasteiger partial charge is 0.331 e. The number of pyridine rings is 1. The topological polar surface area (TPSA) is 30.7 Å². The SMILES string of the molecule is Cn1c(Cc2cccnc2)nc2ccc(Br)cc21. The number of aromatic nitrogens is 3. The highest BCUT2D eigenvalue weighted by Gasteiger charge is 2.08. The third-order valence-electron chi connectivity index (χ3n) is 3.02. The van der Waals surface area contributed by atoms with Crippen LogP contribution in [0.5, 0.6) is 0 Å². The number of hydrogen-bond donors (Lipinski definition) is 0. The molecule has 0 saturated heterocycles. The Kier molecular flexibility index (Phi) is 2.88. The molecule has 3 rings (SSSR count). The van der Waals surface area contributed by atoms with Gasteiger partial charge in [-0.2, -0.15) is 0 Å². The third-order valence-corrected chi connectivity index (χ3v) is 3.51. The Morgan fingerprint density at radius 2 is 2.17 bits per heavy atom. The lowest BCUT2D eigenvalue weighted by Crippen LogP contribution is -1.99. The zero-order valence-corrected chi connectivity index (χ0v) is 11.6. The zero-order valence-electron chi connectivity index (χ0n) is 9.97. The first-order valence-electron chi connectivity index (χ1n) is 5.74. The van der Waals surface area contributed by atoms with Crippen molar-refractivity contribution in [2.24, 2.45) is 7.05 Å². The van der Waals surface area contributed by atoms with Crippen LogP contribution in [-0.4, -0.2) is 14.5 Å². The number of benzene rings is 1. The Balaban J connectivity index is 2.05. The summed E-state index contributed by atoms with van der Waals surface area (Å²) in [5, 5.41) is 0. The molecule has 0 bridgehead atoms. The van der Waals surface area contributed by atoms with E-state index in [0.717, 1.165) is 27.8 Å². The van der Waals surface area contributed by atoms with Crippen LogP contribution >= 0.6 is 15.9 Å². The number of rotatable bonds is 2. The van der Waals surface area contributed by atoms with Crippen LogP contribution < -0.4 is 0 Å². The van der Waals surface area contributed by atoms with E-state index in [1.54, 1.807) is 6.20 Å². The average molecular weight is 302 g/mol. The highest BCUT2D eigenvalue weighted by molar-refractivity contribution is 9.10. The molecule has 0 N–H and O–H groups in total. The third kappa shape index (κ3) is 2.04. The molecule has 0 saturated carbocycles. The van der Waals surface area contributed by atoms with E-state index in [4.69, 9.17) is 0 Å². The lowest BCUT2D eigenvalue weighted by molar-refractivity contribution is 0.842. The van der Waals surface area contributed by atoms with Gasteiger partial charge in [-0.1, -0.05) is 22.0 Å². The van der Waals surface area contributed by atoms with E-state index in [1.165, 1.54) is 5.56 Å². The Morgan fingerprint density at radius 1 is 1.28 bits per heavy atom. The Labute approximate surface area is 114 Å². The lowest BCUT2D eigenvalue weighted by atomic mass is 10.2. The van der Waals surface area contributed by atoms with Gasteiger partial charge in [0.1, 0.15) is 5.82 Å². The molecule has 90 valence electrons. The number of fused-ring (bicyclic) bond motifs is 1. The van der Waals surface area contributed by atoms with Crippen LogP contribution in [0.3, 0.4) is 0 Å². The van der Waals surface area contributed by atoms with Gasteiger partial charge < -0.3 is 4.57 Å². The molecular formula is C14H12BrN3. The summed E-state index contributed by atoms with van der Waals surface area (Å²) in [6.07, 6.45) is 4.47. The molecule has 3 nitrogen and oxygen atoms in total. The quantitative estimate of drug-likeness (QED) is 0.727. The first-order chi connectivity index (χ1) is 8.74. The maximum atomic E-state index is 4.66. The normalized spacial score (nSPS) is 11.0. The summed E-state index contributed by atoms with van der Waals surface area (Å²) in [7, 11) is 2.05. The van der Waals surface area contributed by atoms with Crippen molar-refractivity contribution < 1.29 is 0 Å². The number of hydrogen-bond acceptors (Lipinski definition) is 2. The zero-order chi connectivity index (χ0) is 12.5. The fourth-order valence-corrected chi connectivity index (χ4v) is 2.41. The van der Waals surface area contributed by atoms with Crippen LogP contribution in [-0.2, 0) is 13.5 Å². The van der Waals surface area contributed by atoms with Crippen molar-refractivity contribution in [2.45, 2.75) is 6.42 Å². The van der Waals surface area contributed by atoms with Crippen molar-refractivity contribution in [1.82, 2.24) is 14.5 Å². The fraction of sp³-hybridized carbons (Fsp3) is 0.143. The van der Waals surface area contributed by atoms with Crippen LogP contribution in [0.2, 0.25) is 0 Å². The number of aryl methyl sites for hydroxylation is 1. The first-order valence-corrected chi connectivity index (χ1v) is 6.53. The Bertz CT molecular complexity index is 689. The predicted octanol–water partition coefficient (Wildman–Crippen LogP) is 3.32. The minimum Gasteiger partial charge on any atom is -0.331 e. The smallest absolute Gasteiger partial charge is 0.114 e. The van der Waals surface area contributed by atoms with Gasteiger partial charge >= 0.3 is 0 Å². The first kappa shape index (κ1) is 11.4. The number of imidazole rings is 1. The summed E-state index contributed by atoms with van der Waals surface area (Å²) in [6.45, 7) is 0. The van der Waals surface area contributed by atoms with Crippen molar-refractivity contribution in [3.8, 4) is 0 Å². The maximum Gasteiger partial charge on any atom is 0.114 e. The van der Waals surface area contributed by atoms with Crippen molar-refractivity contribution in [3.05, 3.63) is 58.6 Å². The molecule has 18 heavy (non-hydrogen) atoms. The predicted molar refractivity (Wildman–Crippen MR) is 75.5 cm³/mol. The van der Waals surface area contributed by atoms with Gasteiger partial charge in [0.2, 0.25) is 0 Å². The minimum absolute atomic E-state index is 0.802. The molecule has 0 atom stereocenters. The minimum atomic E-state index is 0.802. The van der Waals surface area contributed by atoms with Gasteiger partial charge in [-0.3, -0.25) is 4.98 Å². The molecule has 1 aromatic carbocycles. The fourth-order valence-electron chi connectivity index (χ4n) is 2.06. The molecule has 0 amide bonds. The van der Waals surface area contributed by atoms with Crippen LogP contribution in [0.1, 0.15) is 11.4 Å². The lowest BCUT2D eigenvalue weighted by Gasteiger charge is -2.02. The van der Waals surface area contributed by atoms with Gasteiger partial charge in [0.05, 0.1) is 11.0 Å². The molecule has 4 heteroatoms. The van der Waals surface area contributed by atoms with Gasteiger partial charge in [0.25, 0.3) is 0 Å². The highest BCUT2D eigenvalue weighted by atomic mass is 79.9. The second-order valence-electron chi connectivity index (χ2n) is 4.26. The van der Waals surface area contributed by atoms with Gasteiger partial charge in [-0.05, 0) is 29.8 Å². The molecular weight excluding hydrogens is 290 g/mol. The van der Waals surface area contributed by atoms with Crippen molar-refractivity contribution >= 4 is 27.0 Å². The van der Waals surface area contributed by atoms with Crippen LogP contribution in [0.15, 0.2) is 47.2 Å². The van der Waals surface area contributed by atoms with Gasteiger partial charge in [0, 0.05) is 30.3 Å². The summed E-state index contributed by atoms with van der Waals surface area (Å²) in [5.74, 6) is 1.05. The van der Waals surface area contributed by atoms with E-state index in [2.05, 4.69) is 42.6 Å². The molecule has 2 heterocycles. The van der Waals surface area contributed by atoms with E-state index >= 15 is 0 Å². The summed E-state index contributed by atoms with van der Waals surface area (Å²) in [4.78, 5) is 8.80. The second kappa shape index (κ2) is 4.53. The van der Waals surface area contributed by atoms with E-state index in [-0.39, 0.29) is 0 Å². The maximum absolute atomic E-state index is 4.66. The summed E-state index contributed by atoms with van der Waals surface area (Å²) >= 11 is 3.49. The van der Waals surface area contributed by atoms with Crippen LogP contribution in [0.25, 0.3) is 11.0 Å².